The Bertz CT molecular complexity index is 930. The first-order valence-corrected chi connectivity index (χ1v) is 7.50. The van der Waals surface area contributed by atoms with Crippen molar-refractivity contribution in [1.82, 2.24) is 10.3 Å². The quantitative estimate of drug-likeness (QED) is 0.824. The fourth-order valence-corrected chi connectivity index (χ4v) is 3.05. The minimum atomic E-state index is -0.291. The SMILES string of the molecule is O=C1CC2=CC(=Cc3ccnc4ccccc34)CC=C2C(=O)N1. The van der Waals surface area contributed by atoms with Crippen LogP contribution in [-0.4, -0.2) is 16.8 Å². The largest absolute Gasteiger partial charge is 0.292 e. The predicted molar refractivity (Wildman–Crippen MR) is 88.3 cm³/mol. The van der Waals surface area contributed by atoms with Crippen molar-refractivity contribution in [3.63, 3.8) is 0 Å². The number of allylic oxidation sites excluding steroid dienone is 3. The fraction of sp³-hybridized carbons (Fsp3) is 0.105. The number of rotatable bonds is 1. The number of benzene rings is 1. The number of nitrogens with zero attached hydrogens (tertiary/aromatic N) is 1. The molecular formula is C19H14N2O2. The Hall–Kier alpha value is -3.01. The van der Waals surface area contributed by atoms with E-state index in [9.17, 15) is 9.59 Å². The molecular weight excluding hydrogens is 288 g/mol. The average Bonchev–Trinajstić information content (AvgIpc) is 2.55. The molecule has 1 aliphatic carbocycles. The van der Waals surface area contributed by atoms with Gasteiger partial charge in [0.05, 0.1) is 11.9 Å². The molecule has 2 amide bonds. The van der Waals surface area contributed by atoms with Crippen LogP contribution in [0.2, 0.25) is 0 Å². The first-order chi connectivity index (χ1) is 11.2. The molecule has 2 aliphatic rings. The molecule has 2 heterocycles. The summed E-state index contributed by atoms with van der Waals surface area (Å²) in [5, 5.41) is 3.44. The summed E-state index contributed by atoms with van der Waals surface area (Å²) < 4.78 is 0. The highest BCUT2D eigenvalue weighted by atomic mass is 16.2. The van der Waals surface area contributed by atoms with Crippen molar-refractivity contribution in [1.29, 1.82) is 0 Å². The van der Waals surface area contributed by atoms with Gasteiger partial charge < -0.3 is 0 Å². The maximum absolute atomic E-state index is 11.8. The van der Waals surface area contributed by atoms with Gasteiger partial charge >= 0.3 is 0 Å². The summed E-state index contributed by atoms with van der Waals surface area (Å²) in [6.07, 6.45) is 8.68. The lowest BCUT2D eigenvalue weighted by molar-refractivity contribution is -0.129. The number of piperidine rings is 1. The maximum atomic E-state index is 11.8. The van der Waals surface area contributed by atoms with Gasteiger partial charge in [0, 0.05) is 17.2 Å². The third-order valence-corrected chi connectivity index (χ3v) is 4.12. The van der Waals surface area contributed by atoms with Crippen molar-refractivity contribution in [3.05, 3.63) is 71.0 Å². The number of carbonyl (C=O) groups is 2. The Balaban J connectivity index is 1.75. The van der Waals surface area contributed by atoms with Gasteiger partial charge in [-0.1, -0.05) is 36.4 Å². The van der Waals surface area contributed by atoms with Crippen LogP contribution in [0, 0.1) is 0 Å². The third-order valence-electron chi connectivity index (χ3n) is 4.12. The predicted octanol–water partition coefficient (Wildman–Crippen LogP) is 2.92. The molecule has 4 heteroatoms. The second-order valence-corrected chi connectivity index (χ2v) is 5.68. The van der Waals surface area contributed by atoms with Crippen LogP contribution in [0.5, 0.6) is 0 Å². The maximum Gasteiger partial charge on any atom is 0.257 e. The number of carbonyl (C=O) groups excluding carboxylic acids is 2. The molecule has 4 rings (SSSR count). The van der Waals surface area contributed by atoms with Crippen molar-refractivity contribution >= 4 is 28.8 Å². The van der Waals surface area contributed by atoms with Gasteiger partial charge in [0.2, 0.25) is 5.91 Å². The molecule has 1 aromatic carbocycles. The van der Waals surface area contributed by atoms with E-state index in [4.69, 9.17) is 0 Å². The molecule has 112 valence electrons. The molecule has 0 radical (unpaired) electrons. The average molecular weight is 302 g/mol. The summed E-state index contributed by atoms with van der Waals surface area (Å²) in [4.78, 5) is 27.7. The van der Waals surface area contributed by atoms with Crippen LogP contribution < -0.4 is 5.32 Å². The smallest absolute Gasteiger partial charge is 0.257 e. The zero-order valence-electron chi connectivity index (χ0n) is 12.4. The Kier molecular flexibility index (Phi) is 3.15. The van der Waals surface area contributed by atoms with Crippen LogP contribution in [0.25, 0.3) is 17.0 Å². The molecule has 0 unspecified atom stereocenters. The van der Waals surface area contributed by atoms with Gasteiger partial charge in [-0.3, -0.25) is 19.9 Å². The van der Waals surface area contributed by atoms with Gasteiger partial charge in [-0.2, -0.15) is 0 Å². The van der Waals surface area contributed by atoms with Crippen LogP contribution in [0.1, 0.15) is 18.4 Å². The van der Waals surface area contributed by atoms with E-state index in [2.05, 4.69) is 16.4 Å². The number of nitrogens with one attached hydrogen (secondary N) is 1. The molecule has 1 fully saturated rings. The first kappa shape index (κ1) is 13.6. The number of para-hydroxylation sites is 1. The van der Waals surface area contributed by atoms with Crippen LogP contribution in [0.15, 0.2) is 65.4 Å². The summed E-state index contributed by atoms with van der Waals surface area (Å²) in [5.41, 5.74) is 4.55. The number of fused-ring (bicyclic) bond motifs is 2. The Labute approximate surface area is 133 Å². The highest BCUT2D eigenvalue weighted by Crippen LogP contribution is 2.29. The lowest BCUT2D eigenvalue weighted by Crippen LogP contribution is -2.37. The third kappa shape index (κ3) is 2.48. The monoisotopic (exact) mass is 302 g/mol. The van der Waals surface area contributed by atoms with E-state index in [1.165, 1.54) is 0 Å². The van der Waals surface area contributed by atoms with Gasteiger partial charge in [0.15, 0.2) is 0 Å². The van der Waals surface area contributed by atoms with Crippen molar-refractivity contribution in [2.24, 2.45) is 0 Å². The minimum Gasteiger partial charge on any atom is -0.292 e. The Morgan fingerprint density at radius 3 is 2.91 bits per heavy atom. The van der Waals surface area contributed by atoms with Crippen molar-refractivity contribution in [2.45, 2.75) is 12.8 Å². The molecule has 1 N–H and O–H groups in total. The van der Waals surface area contributed by atoms with E-state index in [1.54, 1.807) is 6.20 Å². The van der Waals surface area contributed by atoms with E-state index in [0.29, 0.717) is 12.0 Å². The normalized spacial score (nSPS) is 19.2. The summed E-state index contributed by atoms with van der Waals surface area (Å²) >= 11 is 0. The highest BCUT2D eigenvalue weighted by Gasteiger charge is 2.26. The molecule has 4 nitrogen and oxygen atoms in total. The van der Waals surface area contributed by atoms with E-state index in [-0.39, 0.29) is 18.2 Å². The summed E-state index contributed by atoms with van der Waals surface area (Å²) in [6.45, 7) is 0. The number of hydrogen-bond donors (Lipinski definition) is 1. The number of imide groups is 1. The zero-order chi connectivity index (χ0) is 15.8. The lowest BCUT2D eigenvalue weighted by atomic mass is 9.88. The van der Waals surface area contributed by atoms with Gasteiger partial charge in [0.1, 0.15) is 0 Å². The topological polar surface area (TPSA) is 59.1 Å². The van der Waals surface area contributed by atoms with E-state index < -0.39 is 0 Å². The van der Waals surface area contributed by atoms with E-state index in [0.717, 1.165) is 27.6 Å². The summed E-state index contributed by atoms with van der Waals surface area (Å²) in [5.74, 6) is -0.532. The van der Waals surface area contributed by atoms with Crippen LogP contribution in [-0.2, 0) is 9.59 Å². The van der Waals surface area contributed by atoms with Gasteiger partial charge in [-0.05, 0) is 35.3 Å². The Morgan fingerprint density at radius 1 is 1.13 bits per heavy atom. The van der Waals surface area contributed by atoms with Crippen LogP contribution >= 0.6 is 0 Å². The number of pyridine rings is 1. The molecule has 2 aromatic rings. The Morgan fingerprint density at radius 2 is 2.00 bits per heavy atom. The molecule has 1 aliphatic heterocycles. The molecule has 0 atom stereocenters. The molecule has 23 heavy (non-hydrogen) atoms. The second kappa shape index (κ2) is 5.32. The number of aromatic nitrogens is 1. The number of hydrogen-bond acceptors (Lipinski definition) is 3. The standard InChI is InChI=1S/C19H14N2O2/c22-18-11-14-10-12(5-6-16(14)19(23)21-18)9-13-7-8-20-17-4-2-1-3-15(13)17/h1-4,6-10H,5,11H2,(H,21,22,23). The van der Waals surface area contributed by atoms with Crippen molar-refractivity contribution in [2.75, 3.05) is 0 Å². The number of amides is 2. The molecule has 0 bridgehead atoms. The molecule has 1 saturated heterocycles. The van der Waals surface area contributed by atoms with Crippen LogP contribution in [0.4, 0.5) is 0 Å². The molecule has 0 spiro atoms. The van der Waals surface area contributed by atoms with Crippen LogP contribution in [0.3, 0.4) is 0 Å². The van der Waals surface area contributed by atoms with Gasteiger partial charge in [-0.15, -0.1) is 0 Å². The summed E-state index contributed by atoms with van der Waals surface area (Å²) in [6, 6.07) is 9.97. The highest BCUT2D eigenvalue weighted by molar-refractivity contribution is 6.12. The zero-order valence-corrected chi connectivity index (χ0v) is 12.4. The lowest BCUT2D eigenvalue weighted by Gasteiger charge is -2.21. The van der Waals surface area contributed by atoms with Crippen molar-refractivity contribution < 1.29 is 9.59 Å². The van der Waals surface area contributed by atoms with Crippen molar-refractivity contribution in [3.8, 4) is 0 Å². The first-order valence-electron chi connectivity index (χ1n) is 7.50. The van der Waals surface area contributed by atoms with E-state index >= 15 is 0 Å². The summed E-state index contributed by atoms with van der Waals surface area (Å²) in [7, 11) is 0. The van der Waals surface area contributed by atoms with Gasteiger partial charge in [-0.25, -0.2) is 0 Å². The van der Waals surface area contributed by atoms with E-state index in [1.807, 2.05) is 42.5 Å². The second-order valence-electron chi connectivity index (χ2n) is 5.68. The fourth-order valence-electron chi connectivity index (χ4n) is 3.05. The molecule has 1 aromatic heterocycles. The van der Waals surface area contributed by atoms with Gasteiger partial charge in [0.25, 0.3) is 5.91 Å². The molecule has 0 saturated carbocycles. The minimum absolute atomic E-state index is 0.242.